The van der Waals surface area contributed by atoms with E-state index in [9.17, 15) is 39.6 Å². The first-order valence-electron chi connectivity index (χ1n) is 30.5. The maximum absolute atomic E-state index is 14.2. The van der Waals surface area contributed by atoms with E-state index in [0.29, 0.717) is 44.5 Å². The molecular formula is C73H108O12. The largest absolute Gasteiger partial charge is 0.507 e. The van der Waals surface area contributed by atoms with Gasteiger partial charge in [0.15, 0.2) is 11.6 Å². The number of benzene rings is 4. The van der Waals surface area contributed by atoms with Gasteiger partial charge >= 0.3 is 11.9 Å². The Morgan fingerprint density at radius 2 is 0.588 bits per heavy atom. The summed E-state index contributed by atoms with van der Waals surface area (Å²) >= 11 is 0. The first kappa shape index (κ1) is 71.8. The van der Waals surface area contributed by atoms with Crippen LogP contribution < -0.4 is 0 Å². The van der Waals surface area contributed by atoms with Crippen molar-refractivity contribution in [2.24, 2.45) is 5.41 Å². The molecule has 472 valence electrons. The Hall–Kier alpha value is -5.72. The van der Waals surface area contributed by atoms with Gasteiger partial charge in [0.1, 0.15) is 36.2 Å². The molecule has 4 aromatic rings. The normalized spacial score (nSPS) is 13.3. The number of aromatic hydroxyl groups is 4. The molecule has 0 bridgehead atoms. The van der Waals surface area contributed by atoms with Gasteiger partial charge in [-0.15, -0.1) is 0 Å². The van der Waals surface area contributed by atoms with Gasteiger partial charge in [-0.05, 0) is 114 Å². The predicted octanol–water partition coefficient (Wildman–Crippen LogP) is 16.1. The second-order valence-electron chi connectivity index (χ2n) is 32.2. The highest BCUT2D eigenvalue weighted by Crippen LogP contribution is 2.44. The summed E-state index contributed by atoms with van der Waals surface area (Å²) in [5.74, 6) is -1.03. The summed E-state index contributed by atoms with van der Waals surface area (Å²) in [6, 6.07) is 14.9. The van der Waals surface area contributed by atoms with Crippen LogP contribution in [0.4, 0.5) is 0 Å². The van der Waals surface area contributed by atoms with Crippen molar-refractivity contribution in [1.29, 1.82) is 0 Å². The summed E-state index contributed by atoms with van der Waals surface area (Å²) in [5.41, 5.74) is 3.73. The monoisotopic (exact) mass is 1180 g/mol. The average molecular weight is 1180 g/mol. The van der Waals surface area contributed by atoms with E-state index in [2.05, 4.69) is 41.5 Å². The third-order valence-electron chi connectivity index (χ3n) is 15.9. The quantitative estimate of drug-likeness (QED) is 0.0332. The molecule has 4 rings (SSSR count). The minimum absolute atomic E-state index is 0.0515. The summed E-state index contributed by atoms with van der Waals surface area (Å²) in [7, 11) is 0. The molecule has 12 heteroatoms. The lowest BCUT2D eigenvalue weighted by atomic mass is 9.78. The Balaban J connectivity index is 1.76. The van der Waals surface area contributed by atoms with Crippen LogP contribution in [0.25, 0.3) is 0 Å². The fraction of sp³-hybridized carbons (Fsp3) is 0.616. The summed E-state index contributed by atoms with van der Waals surface area (Å²) in [4.78, 5) is 56.5. The van der Waals surface area contributed by atoms with Gasteiger partial charge in [0.25, 0.3) is 0 Å². The molecule has 0 atom stereocenters. The van der Waals surface area contributed by atoms with Crippen LogP contribution in [0, 0.1) is 5.41 Å². The molecule has 0 amide bonds. The number of hydrogen-bond acceptors (Lipinski definition) is 12. The Bertz CT molecular complexity index is 2750. The van der Waals surface area contributed by atoms with Crippen molar-refractivity contribution in [3.63, 3.8) is 0 Å². The van der Waals surface area contributed by atoms with Crippen LogP contribution in [0.1, 0.15) is 268 Å². The number of ketones is 2. The summed E-state index contributed by atoms with van der Waals surface area (Å²) in [6.07, 6.45) is 0.0473. The van der Waals surface area contributed by atoms with E-state index in [0.717, 1.165) is 22.3 Å². The van der Waals surface area contributed by atoms with Crippen molar-refractivity contribution < 1.29 is 58.6 Å². The minimum atomic E-state index is -1.38. The topological polar surface area (TPSA) is 186 Å². The highest BCUT2D eigenvalue weighted by atomic mass is 16.6. The molecule has 0 aliphatic carbocycles. The third-order valence-corrected chi connectivity index (χ3v) is 15.9. The van der Waals surface area contributed by atoms with Gasteiger partial charge < -0.3 is 39.4 Å². The molecule has 0 unspecified atom stereocenters. The van der Waals surface area contributed by atoms with Crippen molar-refractivity contribution in [3.05, 3.63) is 115 Å². The molecule has 0 aliphatic heterocycles. The highest BCUT2D eigenvalue weighted by molar-refractivity contribution is 5.97. The first-order chi connectivity index (χ1) is 38.5. The van der Waals surface area contributed by atoms with E-state index in [1.165, 1.54) is 0 Å². The Labute approximate surface area is 511 Å². The fourth-order valence-corrected chi connectivity index (χ4v) is 10.2. The fourth-order valence-electron chi connectivity index (χ4n) is 10.2. The molecule has 12 nitrogen and oxygen atoms in total. The predicted molar refractivity (Wildman–Crippen MR) is 343 cm³/mol. The van der Waals surface area contributed by atoms with Crippen LogP contribution >= 0.6 is 0 Å². The number of ether oxygens (including phenoxy) is 4. The number of esters is 2. The maximum atomic E-state index is 14.2. The minimum Gasteiger partial charge on any atom is -0.507 e. The van der Waals surface area contributed by atoms with Gasteiger partial charge in [-0.1, -0.05) is 190 Å². The SMILES string of the molecule is CC(C)(C)c1cc(CCC(=O)OCC(COCCC(=O)c2cc(C(C)(C)C)c(O)c(C(C)(C)C)c2)(COCCC(=O)c2cc(C(C)(C)C)c(O)c(C(C)(C)C)c2)COC(=O)CCc2cc(C(C)(C)C)cc(C(C)(C)C)c2O)c(O)c(C(C)(C)C)c1. The van der Waals surface area contributed by atoms with Gasteiger partial charge in [0, 0.05) is 59.1 Å². The van der Waals surface area contributed by atoms with Crippen molar-refractivity contribution in [2.75, 3.05) is 39.6 Å². The van der Waals surface area contributed by atoms with E-state index in [4.69, 9.17) is 18.9 Å². The van der Waals surface area contributed by atoms with Crippen molar-refractivity contribution in [1.82, 2.24) is 0 Å². The van der Waals surface area contributed by atoms with Crippen LogP contribution in [0.2, 0.25) is 0 Å². The standard InChI is InChI=1S/C73H108O12/c1-65(2,3)49-33-45(61(78)55(39-49)71(19,20)21)25-27-59(76)84-43-73(41-82-31-29-57(74)47-35-51(67(7,8)9)63(80)52(36-47)68(10,11)12,42-83-32-30-58(75)48-37-53(69(13,14)15)64(81)54(38-48)70(16,17)18)44-85-60(77)28-26-46-34-50(66(4,5)6)40-56(62(46)79)72(22,23)24/h33-40,78-81H,25-32,41-44H2,1-24H3. The molecule has 0 saturated carbocycles. The lowest BCUT2D eigenvalue weighted by Crippen LogP contribution is -2.43. The smallest absolute Gasteiger partial charge is 0.306 e. The van der Waals surface area contributed by atoms with Gasteiger partial charge in [-0.3, -0.25) is 19.2 Å². The second-order valence-corrected chi connectivity index (χ2v) is 32.2. The molecule has 0 fully saturated rings. The second kappa shape index (κ2) is 26.7. The van der Waals surface area contributed by atoms with Crippen LogP contribution in [-0.2, 0) is 84.7 Å². The molecule has 0 aromatic heterocycles. The third kappa shape index (κ3) is 19.6. The van der Waals surface area contributed by atoms with Crippen molar-refractivity contribution >= 4 is 23.5 Å². The lowest BCUT2D eigenvalue weighted by molar-refractivity contribution is -0.162. The molecule has 0 spiro atoms. The van der Waals surface area contributed by atoms with Crippen LogP contribution in [0.5, 0.6) is 23.0 Å². The van der Waals surface area contributed by atoms with Gasteiger partial charge in [-0.25, -0.2) is 0 Å². The molecule has 0 aliphatic rings. The Morgan fingerprint density at radius 1 is 0.329 bits per heavy atom. The van der Waals surface area contributed by atoms with Gasteiger partial charge in [0.2, 0.25) is 0 Å². The summed E-state index contributed by atoms with van der Waals surface area (Å²) in [5, 5.41) is 46.0. The molecular weight excluding hydrogens is 1070 g/mol. The van der Waals surface area contributed by atoms with Crippen LogP contribution in [0.3, 0.4) is 0 Å². The number of Topliss-reactive ketones (excluding diaryl/α,β-unsaturated/α-hetero) is 2. The number of carbonyl (C=O) groups is 4. The Kier molecular flexibility index (Phi) is 22.6. The zero-order valence-electron chi connectivity index (χ0n) is 56.7. The van der Waals surface area contributed by atoms with E-state index in [1.807, 2.05) is 149 Å². The zero-order valence-corrected chi connectivity index (χ0v) is 56.7. The Morgan fingerprint density at radius 3 is 0.835 bits per heavy atom. The van der Waals surface area contributed by atoms with Crippen molar-refractivity contribution in [2.45, 2.75) is 248 Å². The number of hydrogen-bond donors (Lipinski definition) is 4. The molecule has 0 heterocycles. The van der Waals surface area contributed by atoms with E-state index >= 15 is 0 Å². The van der Waals surface area contributed by atoms with Crippen molar-refractivity contribution in [3.8, 4) is 23.0 Å². The first-order valence-corrected chi connectivity index (χ1v) is 30.5. The lowest BCUT2D eigenvalue weighted by Gasteiger charge is -2.32. The molecule has 85 heavy (non-hydrogen) atoms. The molecule has 4 N–H and O–H groups in total. The maximum Gasteiger partial charge on any atom is 0.306 e. The number of rotatable bonds is 22. The number of phenolic OH excluding ortho intramolecular Hbond substituents is 4. The number of carbonyl (C=O) groups excluding carboxylic acids is 4. The average Bonchev–Trinajstić information content (AvgIpc) is 3.56. The van der Waals surface area contributed by atoms with E-state index in [1.54, 1.807) is 24.3 Å². The number of aryl methyl sites for hydroxylation is 2. The van der Waals surface area contributed by atoms with Gasteiger partial charge in [0.05, 0.1) is 31.8 Å². The number of phenols is 4. The molecule has 0 saturated heterocycles. The molecule has 4 aromatic carbocycles. The highest BCUT2D eigenvalue weighted by Gasteiger charge is 2.37. The van der Waals surface area contributed by atoms with Crippen LogP contribution in [0.15, 0.2) is 48.5 Å². The van der Waals surface area contributed by atoms with Gasteiger partial charge in [-0.2, -0.15) is 0 Å². The van der Waals surface area contributed by atoms with Crippen LogP contribution in [-0.4, -0.2) is 83.6 Å². The molecule has 0 radical (unpaired) electrons. The zero-order chi connectivity index (χ0) is 65.0. The van der Waals surface area contributed by atoms with E-state index in [-0.39, 0.29) is 134 Å². The summed E-state index contributed by atoms with van der Waals surface area (Å²) in [6.45, 7) is 47.3. The summed E-state index contributed by atoms with van der Waals surface area (Å²) < 4.78 is 25.1. The van der Waals surface area contributed by atoms with E-state index < -0.39 is 39.0 Å².